The highest BCUT2D eigenvalue weighted by Crippen LogP contribution is 2.40. The van der Waals surface area contributed by atoms with Crippen molar-refractivity contribution in [2.24, 2.45) is 0 Å². The van der Waals surface area contributed by atoms with E-state index in [1.165, 1.54) is 17.4 Å². The summed E-state index contributed by atoms with van der Waals surface area (Å²) in [5.74, 6) is -0.869. The molecule has 1 aromatic heterocycles. The number of nitrogens with zero attached hydrogens (tertiary/aromatic N) is 1. The summed E-state index contributed by atoms with van der Waals surface area (Å²) >= 11 is 1.42. The van der Waals surface area contributed by atoms with Crippen LogP contribution in [0.3, 0.4) is 0 Å². The second kappa shape index (κ2) is 9.19. The van der Waals surface area contributed by atoms with E-state index in [9.17, 15) is 17.6 Å². The lowest BCUT2D eigenvalue weighted by atomic mass is 9.96. The first-order valence-corrected chi connectivity index (χ1v) is 8.19. The van der Waals surface area contributed by atoms with E-state index in [1.54, 1.807) is 0 Å². The van der Waals surface area contributed by atoms with Gasteiger partial charge in [0.25, 0.3) is 0 Å². The summed E-state index contributed by atoms with van der Waals surface area (Å²) < 4.78 is 53.6. The first-order valence-electron chi connectivity index (χ1n) is 7.31. The molecule has 1 fully saturated rings. The van der Waals surface area contributed by atoms with Crippen molar-refractivity contribution in [3.05, 3.63) is 57.5 Å². The van der Waals surface area contributed by atoms with Crippen molar-refractivity contribution in [1.82, 2.24) is 10.2 Å². The number of alkyl halides is 3. The number of rotatable bonds is 3. The molecule has 1 atom stereocenters. The molecule has 1 aliphatic rings. The van der Waals surface area contributed by atoms with Crippen LogP contribution in [0.5, 0.6) is 0 Å². The molecule has 0 radical (unpaired) electrons. The van der Waals surface area contributed by atoms with Crippen LogP contribution in [0.4, 0.5) is 17.6 Å². The van der Waals surface area contributed by atoms with Crippen LogP contribution < -0.4 is 5.32 Å². The Kier molecular flexibility index (Phi) is 8.15. The van der Waals surface area contributed by atoms with E-state index in [-0.39, 0.29) is 30.4 Å². The van der Waals surface area contributed by atoms with Crippen molar-refractivity contribution >= 4 is 36.2 Å². The second-order valence-electron chi connectivity index (χ2n) is 5.43. The van der Waals surface area contributed by atoms with Crippen molar-refractivity contribution in [3.8, 4) is 0 Å². The Balaban J connectivity index is 0.00000156. The molecule has 2 heterocycles. The Morgan fingerprint density at radius 2 is 1.76 bits per heavy atom. The Hall–Kier alpha value is -0.860. The van der Waals surface area contributed by atoms with Crippen molar-refractivity contribution in [2.45, 2.75) is 12.2 Å². The van der Waals surface area contributed by atoms with Crippen LogP contribution in [0.15, 0.2) is 35.7 Å². The summed E-state index contributed by atoms with van der Waals surface area (Å²) in [5.41, 5.74) is -0.780. The van der Waals surface area contributed by atoms with Crippen LogP contribution in [-0.4, -0.2) is 31.1 Å². The Morgan fingerprint density at radius 3 is 2.32 bits per heavy atom. The SMILES string of the molecule is Cl.Cl.Fc1ccc([C@H](c2cccs2)N2CCNCC2)c(C(F)(F)F)c1. The number of piperazine rings is 1. The largest absolute Gasteiger partial charge is 0.416 e. The highest BCUT2D eigenvalue weighted by molar-refractivity contribution is 7.10. The van der Waals surface area contributed by atoms with Crippen LogP contribution in [0, 0.1) is 5.82 Å². The van der Waals surface area contributed by atoms with Gasteiger partial charge < -0.3 is 5.32 Å². The molecule has 1 saturated heterocycles. The molecule has 1 aromatic carbocycles. The highest BCUT2D eigenvalue weighted by Gasteiger charge is 2.38. The number of hydrogen-bond acceptors (Lipinski definition) is 3. The van der Waals surface area contributed by atoms with Gasteiger partial charge in [0.15, 0.2) is 0 Å². The number of halogens is 6. The van der Waals surface area contributed by atoms with Gasteiger partial charge in [-0.05, 0) is 29.1 Å². The molecule has 25 heavy (non-hydrogen) atoms. The van der Waals surface area contributed by atoms with Crippen LogP contribution in [0.1, 0.15) is 22.0 Å². The minimum absolute atomic E-state index is 0. The molecular formula is C16H18Cl2F4N2S. The summed E-state index contributed by atoms with van der Waals surface area (Å²) in [6, 6.07) is 6.12. The maximum atomic E-state index is 13.4. The predicted octanol–water partition coefficient (Wildman–Crippen LogP) is 4.74. The normalized spacial score (nSPS) is 16.6. The fraction of sp³-hybridized carbons (Fsp3) is 0.375. The average molecular weight is 417 g/mol. The Morgan fingerprint density at radius 1 is 1.08 bits per heavy atom. The first-order chi connectivity index (χ1) is 11.0. The van der Waals surface area contributed by atoms with Crippen LogP contribution in [0.25, 0.3) is 0 Å². The van der Waals surface area contributed by atoms with E-state index < -0.39 is 23.6 Å². The third kappa shape index (κ3) is 5.08. The average Bonchev–Trinajstić information content (AvgIpc) is 3.03. The lowest BCUT2D eigenvalue weighted by Crippen LogP contribution is -2.45. The van der Waals surface area contributed by atoms with E-state index >= 15 is 0 Å². The lowest BCUT2D eigenvalue weighted by Gasteiger charge is -2.35. The van der Waals surface area contributed by atoms with Crippen LogP contribution in [0.2, 0.25) is 0 Å². The molecule has 0 aliphatic carbocycles. The zero-order chi connectivity index (χ0) is 16.4. The summed E-state index contributed by atoms with van der Waals surface area (Å²) in [5, 5.41) is 5.05. The molecule has 0 spiro atoms. The fourth-order valence-corrected chi connectivity index (χ4v) is 3.81. The zero-order valence-electron chi connectivity index (χ0n) is 13.1. The van der Waals surface area contributed by atoms with Gasteiger partial charge in [-0.1, -0.05) is 12.1 Å². The topological polar surface area (TPSA) is 15.3 Å². The maximum Gasteiger partial charge on any atom is 0.416 e. The zero-order valence-corrected chi connectivity index (χ0v) is 15.5. The molecule has 0 saturated carbocycles. The monoisotopic (exact) mass is 416 g/mol. The first kappa shape index (κ1) is 22.2. The minimum atomic E-state index is -4.58. The molecule has 1 aliphatic heterocycles. The number of hydrogen-bond donors (Lipinski definition) is 1. The molecule has 140 valence electrons. The standard InChI is InChI=1S/C16H16F4N2S.2ClH/c17-11-3-4-12(13(10-11)16(18,19)20)15(14-2-1-9-23-14)22-7-5-21-6-8-22;;/h1-4,9-10,15,21H,5-8H2;2*1H/t15-;;/m1../s1. The van der Waals surface area contributed by atoms with E-state index in [0.717, 1.165) is 24.0 Å². The van der Waals surface area contributed by atoms with Crippen molar-refractivity contribution in [1.29, 1.82) is 0 Å². The van der Waals surface area contributed by atoms with Gasteiger partial charge in [-0.3, -0.25) is 4.90 Å². The van der Waals surface area contributed by atoms with Gasteiger partial charge >= 0.3 is 6.18 Å². The molecular weight excluding hydrogens is 399 g/mol. The molecule has 0 amide bonds. The van der Waals surface area contributed by atoms with E-state index in [4.69, 9.17) is 0 Å². The second-order valence-corrected chi connectivity index (χ2v) is 6.41. The fourth-order valence-electron chi connectivity index (χ4n) is 2.93. The predicted molar refractivity (Wildman–Crippen MR) is 96.5 cm³/mol. The Bertz CT molecular complexity index is 659. The number of thiophene rings is 1. The van der Waals surface area contributed by atoms with E-state index in [2.05, 4.69) is 5.32 Å². The smallest absolute Gasteiger partial charge is 0.314 e. The Labute approximate surface area is 160 Å². The molecule has 9 heteroatoms. The molecule has 3 rings (SSSR count). The summed E-state index contributed by atoms with van der Waals surface area (Å²) in [4.78, 5) is 2.86. The van der Waals surface area contributed by atoms with Gasteiger partial charge in [0, 0.05) is 31.1 Å². The molecule has 0 bridgehead atoms. The van der Waals surface area contributed by atoms with Gasteiger partial charge in [0.05, 0.1) is 11.6 Å². The highest BCUT2D eigenvalue weighted by atomic mass is 35.5. The van der Waals surface area contributed by atoms with Crippen molar-refractivity contribution < 1.29 is 17.6 Å². The quantitative estimate of drug-likeness (QED) is 0.726. The van der Waals surface area contributed by atoms with Crippen LogP contribution >= 0.6 is 36.2 Å². The number of nitrogens with one attached hydrogen (secondary N) is 1. The van der Waals surface area contributed by atoms with Crippen molar-refractivity contribution in [2.75, 3.05) is 26.2 Å². The van der Waals surface area contributed by atoms with Gasteiger partial charge in [-0.2, -0.15) is 13.2 Å². The molecule has 1 N–H and O–H groups in total. The molecule has 2 nitrogen and oxygen atoms in total. The van der Waals surface area contributed by atoms with Gasteiger partial charge in [0.1, 0.15) is 5.82 Å². The van der Waals surface area contributed by atoms with E-state index in [1.807, 2.05) is 22.4 Å². The molecule has 2 aromatic rings. The van der Waals surface area contributed by atoms with Gasteiger partial charge in [-0.15, -0.1) is 36.2 Å². The molecule has 0 unspecified atom stereocenters. The van der Waals surface area contributed by atoms with Gasteiger partial charge in [-0.25, -0.2) is 4.39 Å². The minimum Gasteiger partial charge on any atom is -0.314 e. The third-order valence-electron chi connectivity index (χ3n) is 3.94. The summed E-state index contributed by atoms with van der Waals surface area (Å²) in [6.07, 6.45) is -4.58. The number of benzene rings is 1. The van der Waals surface area contributed by atoms with Crippen LogP contribution in [-0.2, 0) is 6.18 Å². The van der Waals surface area contributed by atoms with Crippen molar-refractivity contribution in [3.63, 3.8) is 0 Å². The van der Waals surface area contributed by atoms with Gasteiger partial charge in [0.2, 0.25) is 0 Å². The summed E-state index contributed by atoms with van der Waals surface area (Å²) in [7, 11) is 0. The maximum absolute atomic E-state index is 13.4. The lowest BCUT2D eigenvalue weighted by molar-refractivity contribution is -0.138. The third-order valence-corrected chi connectivity index (χ3v) is 4.87. The summed E-state index contributed by atoms with van der Waals surface area (Å²) in [6.45, 7) is 2.75. The van der Waals surface area contributed by atoms with E-state index in [0.29, 0.717) is 19.2 Å².